The van der Waals surface area contributed by atoms with Crippen LogP contribution in [0, 0.1) is 0 Å². The van der Waals surface area contributed by atoms with Crippen LogP contribution in [0.3, 0.4) is 0 Å². The third kappa shape index (κ3) is 2.70. The van der Waals surface area contributed by atoms with Crippen molar-refractivity contribution in [2.24, 2.45) is 4.99 Å². The lowest BCUT2D eigenvalue weighted by molar-refractivity contribution is 0.604. The molecule has 5 nitrogen and oxygen atoms in total. The van der Waals surface area contributed by atoms with E-state index in [0.29, 0.717) is 11.3 Å². The van der Waals surface area contributed by atoms with Gasteiger partial charge in [0.1, 0.15) is 0 Å². The summed E-state index contributed by atoms with van der Waals surface area (Å²) >= 11 is 0. The highest BCUT2D eigenvalue weighted by Gasteiger charge is 2.14. The van der Waals surface area contributed by atoms with Crippen LogP contribution in [0.2, 0.25) is 0 Å². The molecule has 0 unspecified atom stereocenters. The highest BCUT2D eigenvalue weighted by atomic mass is 32.2. The summed E-state index contributed by atoms with van der Waals surface area (Å²) in [6.45, 7) is 0.914. The van der Waals surface area contributed by atoms with Gasteiger partial charge in [-0.2, -0.15) is 0 Å². The minimum absolute atomic E-state index is 0.476. The smallest absolute Gasteiger partial charge is 0.229 e. The Bertz CT molecular complexity index is 775. The van der Waals surface area contributed by atoms with E-state index in [1.807, 2.05) is 12.1 Å². The number of aliphatic imine (C=N–C) groups is 1. The molecule has 0 radical (unpaired) electrons. The first-order chi connectivity index (χ1) is 9.53. The average Bonchev–Trinajstić information content (AvgIpc) is 3.01. The summed E-state index contributed by atoms with van der Waals surface area (Å²) < 4.78 is 30.6. The zero-order chi connectivity index (χ0) is 14.2. The normalized spacial score (nSPS) is 15.6. The first kappa shape index (κ1) is 13.2. The molecule has 1 N–H and O–H groups in total. The van der Waals surface area contributed by atoms with Crippen molar-refractivity contribution in [3.63, 3.8) is 0 Å². The molecule has 1 aromatic carbocycles. The van der Waals surface area contributed by atoms with Gasteiger partial charge in [-0.3, -0.25) is 9.71 Å². The zero-order valence-electron chi connectivity index (χ0n) is 11.2. The second kappa shape index (κ2) is 4.94. The molecule has 1 aromatic heterocycles. The first-order valence-electron chi connectivity index (χ1n) is 6.52. The Kier molecular flexibility index (Phi) is 3.25. The molecule has 0 saturated carbocycles. The maximum atomic E-state index is 11.4. The number of nitrogens with one attached hydrogen (secondary N) is 1. The molecule has 0 fully saturated rings. The molecule has 0 spiro atoms. The lowest BCUT2D eigenvalue weighted by Crippen LogP contribution is -2.10. The molecule has 0 atom stereocenters. The van der Waals surface area contributed by atoms with E-state index in [-0.39, 0.29) is 0 Å². The van der Waals surface area contributed by atoms with Crippen molar-refractivity contribution in [3.05, 3.63) is 30.0 Å². The highest BCUT2D eigenvalue weighted by molar-refractivity contribution is 7.92. The summed E-state index contributed by atoms with van der Waals surface area (Å²) in [6, 6.07) is 5.55. The monoisotopic (exact) mass is 292 g/mol. The van der Waals surface area contributed by atoms with Crippen molar-refractivity contribution >= 4 is 32.4 Å². The molecular formula is C14H16N2O3S. The van der Waals surface area contributed by atoms with Crippen molar-refractivity contribution in [2.45, 2.75) is 19.3 Å². The van der Waals surface area contributed by atoms with Crippen LogP contribution in [0.15, 0.2) is 33.9 Å². The molecule has 2 heterocycles. The Morgan fingerprint density at radius 2 is 2.20 bits per heavy atom. The van der Waals surface area contributed by atoms with E-state index in [9.17, 15) is 8.42 Å². The largest absolute Gasteiger partial charge is 0.462 e. The summed E-state index contributed by atoms with van der Waals surface area (Å²) in [5, 5.41) is 0.938. The first-order valence-corrected chi connectivity index (χ1v) is 8.41. The summed E-state index contributed by atoms with van der Waals surface area (Å²) in [5.74, 6) is 0. The number of hydrogen-bond acceptors (Lipinski definition) is 4. The molecule has 0 amide bonds. The van der Waals surface area contributed by atoms with Crippen molar-refractivity contribution in [1.82, 2.24) is 0 Å². The number of rotatable bonds is 4. The van der Waals surface area contributed by atoms with E-state index in [4.69, 9.17) is 4.42 Å². The number of anilines is 1. The minimum Gasteiger partial charge on any atom is -0.462 e. The number of benzene rings is 1. The molecule has 0 aliphatic carbocycles. The fourth-order valence-electron chi connectivity index (χ4n) is 2.52. The van der Waals surface area contributed by atoms with Gasteiger partial charge in [-0.25, -0.2) is 8.42 Å². The molecule has 106 valence electrons. The van der Waals surface area contributed by atoms with E-state index >= 15 is 0 Å². The van der Waals surface area contributed by atoms with Crippen molar-refractivity contribution in [1.29, 1.82) is 0 Å². The summed E-state index contributed by atoms with van der Waals surface area (Å²) in [5.41, 5.74) is 3.38. The number of sulfonamides is 1. The average molecular weight is 292 g/mol. The fourth-order valence-corrected chi connectivity index (χ4v) is 3.08. The van der Waals surface area contributed by atoms with Crippen LogP contribution in [0.4, 0.5) is 5.69 Å². The van der Waals surface area contributed by atoms with Crippen LogP contribution >= 0.6 is 0 Å². The van der Waals surface area contributed by atoms with Gasteiger partial charge in [-0.1, -0.05) is 6.07 Å². The molecule has 2 aromatic rings. The van der Waals surface area contributed by atoms with Gasteiger partial charge < -0.3 is 4.42 Å². The number of furan rings is 1. The third-order valence-electron chi connectivity index (χ3n) is 3.36. The number of hydrogen-bond donors (Lipinski definition) is 1. The lowest BCUT2D eigenvalue weighted by atomic mass is 10.0. The molecule has 3 rings (SSSR count). The number of fused-ring (bicyclic) bond motifs is 1. The Morgan fingerprint density at radius 1 is 1.35 bits per heavy atom. The maximum Gasteiger partial charge on any atom is 0.229 e. The van der Waals surface area contributed by atoms with Gasteiger partial charge in [0.05, 0.1) is 18.2 Å². The molecule has 1 aliphatic heterocycles. The number of nitrogens with zero attached hydrogens (tertiary/aromatic N) is 1. The summed E-state index contributed by atoms with van der Waals surface area (Å²) in [6.07, 6.45) is 5.68. The van der Waals surface area contributed by atoms with Gasteiger partial charge in [-0.05, 0) is 30.5 Å². The van der Waals surface area contributed by atoms with Crippen LogP contribution in [-0.2, 0) is 16.4 Å². The standard InChI is InChI=1S/C14H16N2O3S/c1-20(17,18)16-13-5-4-10(9-11-3-2-7-15-11)12-6-8-19-14(12)13/h4-6,8,16H,2-3,7,9H2,1H3. The van der Waals surface area contributed by atoms with E-state index in [2.05, 4.69) is 9.71 Å². The van der Waals surface area contributed by atoms with Gasteiger partial charge in [-0.15, -0.1) is 0 Å². The second-order valence-corrected chi connectivity index (χ2v) is 6.79. The Hall–Kier alpha value is -1.82. The van der Waals surface area contributed by atoms with Gasteiger partial charge in [0, 0.05) is 24.1 Å². The predicted molar refractivity (Wildman–Crippen MR) is 79.9 cm³/mol. The molecule has 0 bridgehead atoms. The Balaban J connectivity index is 2.00. The van der Waals surface area contributed by atoms with Crippen LogP contribution in [0.1, 0.15) is 18.4 Å². The van der Waals surface area contributed by atoms with Crippen LogP contribution in [0.25, 0.3) is 11.0 Å². The lowest BCUT2D eigenvalue weighted by Gasteiger charge is -2.08. The Morgan fingerprint density at radius 3 is 2.90 bits per heavy atom. The minimum atomic E-state index is -3.32. The molecule has 1 aliphatic rings. The quantitative estimate of drug-likeness (QED) is 0.941. The van der Waals surface area contributed by atoms with Crippen molar-refractivity contribution in [2.75, 3.05) is 17.5 Å². The fraction of sp³-hybridized carbons (Fsp3) is 0.357. The topological polar surface area (TPSA) is 71.7 Å². The SMILES string of the molecule is CS(=O)(=O)Nc1ccc(CC2=NCCC2)c2ccoc12. The van der Waals surface area contributed by atoms with E-state index < -0.39 is 10.0 Å². The molecular weight excluding hydrogens is 276 g/mol. The van der Waals surface area contributed by atoms with Crippen LogP contribution in [-0.4, -0.2) is 26.9 Å². The van der Waals surface area contributed by atoms with Crippen LogP contribution < -0.4 is 4.72 Å². The predicted octanol–water partition coefficient (Wildman–Crippen LogP) is 2.58. The van der Waals surface area contributed by atoms with Gasteiger partial charge in [0.15, 0.2) is 5.58 Å². The van der Waals surface area contributed by atoms with E-state index in [0.717, 1.165) is 43.0 Å². The third-order valence-corrected chi connectivity index (χ3v) is 3.95. The van der Waals surface area contributed by atoms with Crippen molar-refractivity contribution in [3.8, 4) is 0 Å². The Labute approximate surface area is 117 Å². The van der Waals surface area contributed by atoms with Crippen LogP contribution in [0.5, 0.6) is 0 Å². The maximum absolute atomic E-state index is 11.4. The van der Waals surface area contributed by atoms with Gasteiger partial charge in [0.2, 0.25) is 10.0 Å². The molecule has 6 heteroatoms. The molecule has 20 heavy (non-hydrogen) atoms. The van der Waals surface area contributed by atoms with E-state index in [1.165, 1.54) is 5.71 Å². The van der Waals surface area contributed by atoms with Gasteiger partial charge in [0.25, 0.3) is 0 Å². The second-order valence-electron chi connectivity index (χ2n) is 5.04. The van der Waals surface area contributed by atoms with Gasteiger partial charge >= 0.3 is 0 Å². The molecule has 0 saturated heterocycles. The van der Waals surface area contributed by atoms with Crippen molar-refractivity contribution < 1.29 is 12.8 Å². The summed E-state index contributed by atoms with van der Waals surface area (Å²) in [4.78, 5) is 4.48. The van der Waals surface area contributed by atoms with E-state index in [1.54, 1.807) is 12.3 Å². The summed E-state index contributed by atoms with van der Waals surface area (Å²) in [7, 11) is -3.32. The zero-order valence-corrected chi connectivity index (χ0v) is 12.0. The highest BCUT2D eigenvalue weighted by Crippen LogP contribution is 2.29.